The zero-order chi connectivity index (χ0) is 20.8. The molecule has 0 amide bonds. The maximum absolute atomic E-state index is 10.7. The summed E-state index contributed by atoms with van der Waals surface area (Å²) in [5.74, 6) is 0.879. The average Bonchev–Trinajstić information content (AvgIpc) is 2.72. The number of hydrogen-bond acceptors (Lipinski definition) is 5. The van der Waals surface area contributed by atoms with Gasteiger partial charge in [-0.1, -0.05) is 29.3 Å². The van der Waals surface area contributed by atoms with Crippen molar-refractivity contribution in [3.8, 4) is 11.5 Å². The summed E-state index contributed by atoms with van der Waals surface area (Å²) in [5.41, 5.74) is 3.59. The van der Waals surface area contributed by atoms with Crippen LogP contribution in [0.25, 0.3) is 0 Å². The predicted octanol–water partition coefficient (Wildman–Crippen LogP) is 5.89. The minimum Gasteiger partial charge on any atom is -0.493 e. The second-order valence-corrected chi connectivity index (χ2v) is 6.75. The van der Waals surface area contributed by atoms with Gasteiger partial charge in [-0.05, 0) is 54.4 Å². The maximum atomic E-state index is 10.7. The number of nitrogens with zero attached hydrogens (tertiary/aromatic N) is 2. The number of nitro groups is 1. The smallest absolute Gasteiger partial charge is 0.269 e. The quantitative estimate of drug-likeness (QED) is 0.276. The molecular weight excluding hydrogens is 392 g/mol. The fourth-order valence-corrected chi connectivity index (χ4v) is 2.88. The molecule has 0 bridgehead atoms. The van der Waals surface area contributed by atoms with E-state index in [2.05, 4.69) is 4.99 Å². The number of nitro benzene ring substituents is 1. The Labute approximate surface area is 173 Å². The van der Waals surface area contributed by atoms with Gasteiger partial charge in [0.05, 0.1) is 22.7 Å². The number of methoxy groups -OCH3 is 1. The van der Waals surface area contributed by atoms with Gasteiger partial charge in [-0.15, -0.1) is 0 Å². The van der Waals surface area contributed by atoms with Crippen LogP contribution in [-0.4, -0.2) is 18.2 Å². The Bertz CT molecular complexity index is 1030. The summed E-state index contributed by atoms with van der Waals surface area (Å²) in [6.07, 6.45) is 1.71. The van der Waals surface area contributed by atoms with Gasteiger partial charge in [0.1, 0.15) is 6.61 Å². The zero-order valence-corrected chi connectivity index (χ0v) is 16.7. The van der Waals surface area contributed by atoms with E-state index in [0.717, 1.165) is 16.8 Å². The Morgan fingerprint density at radius 1 is 1.10 bits per heavy atom. The molecule has 0 radical (unpaired) electrons. The highest BCUT2D eigenvalue weighted by molar-refractivity contribution is 6.32. The van der Waals surface area contributed by atoms with Crippen LogP contribution in [-0.2, 0) is 6.61 Å². The normalized spacial score (nSPS) is 10.9. The molecule has 6 nitrogen and oxygen atoms in total. The molecule has 0 atom stereocenters. The summed E-state index contributed by atoms with van der Waals surface area (Å²) in [6, 6.07) is 17.5. The van der Waals surface area contributed by atoms with Gasteiger partial charge < -0.3 is 9.47 Å². The van der Waals surface area contributed by atoms with Gasteiger partial charge in [0.2, 0.25) is 0 Å². The first-order valence-electron chi connectivity index (χ1n) is 8.80. The minimum atomic E-state index is -0.443. The average molecular weight is 411 g/mol. The van der Waals surface area contributed by atoms with Crippen molar-refractivity contribution in [3.05, 3.63) is 92.5 Å². The van der Waals surface area contributed by atoms with Crippen LogP contribution in [0.2, 0.25) is 5.02 Å². The fraction of sp³-hybridized carbons (Fsp3) is 0.136. The van der Waals surface area contributed by atoms with Gasteiger partial charge in [-0.3, -0.25) is 15.1 Å². The number of halogens is 1. The van der Waals surface area contributed by atoms with E-state index in [9.17, 15) is 10.1 Å². The topological polar surface area (TPSA) is 74.0 Å². The molecule has 0 aliphatic heterocycles. The van der Waals surface area contributed by atoms with Crippen LogP contribution in [0.5, 0.6) is 11.5 Å². The molecule has 148 valence electrons. The van der Waals surface area contributed by atoms with E-state index >= 15 is 0 Å². The number of aliphatic imine (C=N–C) groups is 1. The van der Waals surface area contributed by atoms with Crippen LogP contribution in [0.3, 0.4) is 0 Å². The van der Waals surface area contributed by atoms with E-state index in [-0.39, 0.29) is 12.3 Å². The Balaban J connectivity index is 1.75. The molecule has 0 saturated heterocycles. The first kappa shape index (κ1) is 20.4. The molecule has 29 heavy (non-hydrogen) atoms. The largest absolute Gasteiger partial charge is 0.493 e. The van der Waals surface area contributed by atoms with Gasteiger partial charge in [-0.2, -0.15) is 0 Å². The molecule has 0 N–H and O–H groups in total. The molecule has 3 rings (SSSR count). The van der Waals surface area contributed by atoms with E-state index in [1.807, 2.05) is 31.2 Å². The lowest BCUT2D eigenvalue weighted by Gasteiger charge is -2.13. The Hall–Kier alpha value is -3.38. The van der Waals surface area contributed by atoms with E-state index in [4.69, 9.17) is 21.1 Å². The van der Waals surface area contributed by atoms with Crippen molar-refractivity contribution in [2.75, 3.05) is 7.11 Å². The van der Waals surface area contributed by atoms with E-state index in [0.29, 0.717) is 16.5 Å². The first-order valence-corrected chi connectivity index (χ1v) is 9.18. The molecule has 0 aliphatic rings. The van der Waals surface area contributed by atoms with Crippen molar-refractivity contribution in [1.29, 1.82) is 0 Å². The summed E-state index contributed by atoms with van der Waals surface area (Å²) < 4.78 is 11.2. The summed E-state index contributed by atoms with van der Waals surface area (Å²) in [6.45, 7) is 2.22. The minimum absolute atomic E-state index is 0.0292. The molecular formula is C22H19ClN2O4. The van der Waals surface area contributed by atoms with Crippen molar-refractivity contribution >= 4 is 29.2 Å². The summed E-state index contributed by atoms with van der Waals surface area (Å²) in [5, 5.41) is 11.1. The third-order valence-corrected chi connectivity index (χ3v) is 4.46. The van der Waals surface area contributed by atoms with Crippen molar-refractivity contribution in [2.45, 2.75) is 13.5 Å². The number of ether oxygens (including phenoxy) is 2. The molecule has 0 aromatic heterocycles. The molecule has 0 spiro atoms. The molecule has 3 aromatic carbocycles. The monoisotopic (exact) mass is 410 g/mol. The van der Waals surface area contributed by atoms with Crippen LogP contribution < -0.4 is 9.47 Å². The predicted molar refractivity (Wildman–Crippen MR) is 114 cm³/mol. The van der Waals surface area contributed by atoms with Crippen LogP contribution >= 0.6 is 11.6 Å². The number of non-ortho nitro benzene ring substituents is 1. The van der Waals surface area contributed by atoms with Crippen LogP contribution in [0, 0.1) is 17.0 Å². The molecule has 3 aromatic rings. The van der Waals surface area contributed by atoms with E-state index < -0.39 is 4.92 Å². The second-order valence-electron chi connectivity index (χ2n) is 6.34. The zero-order valence-electron chi connectivity index (χ0n) is 16.0. The fourth-order valence-electron chi connectivity index (χ4n) is 2.60. The van der Waals surface area contributed by atoms with Crippen molar-refractivity contribution in [2.24, 2.45) is 4.99 Å². The Morgan fingerprint density at radius 2 is 1.79 bits per heavy atom. The van der Waals surface area contributed by atoms with Crippen LogP contribution in [0.15, 0.2) is 65.7 Å². The van der Waals surface area contributed by atoms with Crippen molar-refractivity contribution < 1.29 is 14.4 Å². The lowest BCUT2D eigenvalue weighted by molar-refractivity contribution is -0.384. The maximum Gasteiger partial charge on any atom is 0.269 e. The van der Waals surface area contributed by atoms with Crippen LogP contribution in [0.1, 0.15) is 16.7 Å². The molecule has 0 heterocycles. The lowest BCUT2D eigenvalue weighted by Crippen LogP contribution is -2.00. The van der Waals surface area contributed by atoms with E-state index in [1.165, 1.54) is 24.8 Å². The number of benzene rings is 3. The Kier molecular flexibility index (Phi) is 6.46. The van der Waals surface area contributed by atoms with Crippen molar-refractivity contribution in [1.82, 2.24) is 0 Å². The third-order valence-electron chi connectivity index (χ3n) is 4.18. The number of hydrogen-bond donors (Lipinski definition) is 0. The summed E-state index contributed by atoms with van der Waals surface area (Å²) in [4.78, 5) is 14.7. The SMILES string of the molecule is COc1cc(C=Nc2ccc(C)cc2)cc(Cl)c1OCc1ccc([N+](=O)[O-])cc1. The van der Waals surface area contributed by atoms with Gasteiger partial charge in [0, 0.05) is 18.3 Å². The molecule has 0 saturated carbocycles. The summed E-state index contributed by atoms with van der Waals surface area (Å²) >= 11 is 6.39. The molecule has 7 heteroatoms. The first-order chi connectivity index (χ1) is 14.0. The standard InChI is InChI=1S/C22H19ClN2O4/c1-15-3-7-18(8-4-15)24-13-17-11-20(23)22(21(12-17)28-2)29-14-16-5-9-19(10-6-16)25(26)27/h3-13H,14H2,1-2H3. The highest BCUT2D eigenvalue weighted by Crippen LogP contribution is 2.36. The Morgan fingerprint density at radius 3 is 2.41 bits per heavy atom. The second kappa shape index (κ2) is 9.21. The van der Waals surface area contributed by atoms with Crippen molar-refractivity contribution in [3.63, 3.8) is 0 Å². The third kappa shape index (κ3) is 5.33. The highest BCUT2D eigenvalue weighted by Gasteiger charge is 2.12. The molecule has 0 aliphatic carbocycles. The van der Waals surface area contributed by atoms with Gasteiger partial charge in [-0.25, -0.2) is 0 Å². The summed E-state index contributed by atoms with van der Waals surface area (Å²) in [7, 11) is 1.53. The van der Waals surface area contributed by atoms with Gasteiger partial charge in [0.15, 0.2) is 11.5 Å². The highest BCUT2D eigenvalue weighted by atomic mass is 35.5. The van der Waals surface area contributed by atoms with Crippen LogP contribution in [0.4, 0.5) is 11.4 Å². The number of rotatable bonds is 7. The van der Waals surface area contributed by atoms with Gasteiger partial charge >= 0.3 is 0 Å². The molecule has 0 fully saturated rings. The lowest BCUT2D eigenvalue weighted by atomic mass is 10.2. The van der Waals surface area contributed by atoms with E-state index in [1.54, 1.807) is 30.5 Å². The molecule has 0 unspecified atom stereocenters. The number of aryl methyl sites for hydroxylation is 1. The van der Waals surface area contributed by atoms with Gasteiger partial charge in [0.25, 0.3) is 5.69 Å².